The zero-order valence-corrected chi connectivity index (χ0v) is 23.8. The number of anilines is 1. The normalized spacial score (nSPS) is 15.3. The maximum Gasteiger partial charge on any atom is 0.338 e. The largest absolute Gasteiger partial charge is 0.463 e. The number of esters is 1. The van der Waals surface area contributed by atoms with Gasteiger partial charge in [-0.05, 0) is 55.8 Å². The molecule has 2 aromatic heterocycles. The van der Waals surface area contributed by atoms with E-state index in [1.165, 1.54) is 11.3 Å². The first kappa shape index (κ1) is 25.9. The van der Waals surface area contributed by atoms with Gasteiger partial charge in [-0.1, -0.05) is 51.5 Å². The van der Waals surface area contributed by atoms with Crippen molar-refractivity contribution in [1.29, 1.82) is 0 Å². The number of hydrogen-bond donors (Lipinski definition) is 0. The molecule has 0 saturated carbocycles. The molecule has 1 atom stereocenters. The first-order valence-corrected chi connectivity index (χ1v) is 13.7. The minimum atomic E-state index is -0.654. The van der Waals surface area contributed by atoms with Gasteiger partial charge in [-0.25, -0.2) is 9.79 Å². The zero-order valence-electron chi connectivity index (χ0n) is 21.4. The molecule has 0 unspecified atom stereocenters. The van der Waals surface area contributed by atoms with E-state index in [1.807, 2.05) is 79.7 Å². The Hall–Kier alpha value is -3.69. The van der Waals surface area contributed by atoms with E-state index in [2.05, 4.69) is 20.9 Å². The molecule has 0 bridgehead atoms. The molecule has 7 nitrogen and oxygen atoms in total. The highest BCUT2D eigenvalue weighted by Crippen LogP contribution is 2.31. The molecule has 0 spiro atoms. The highest BCUT2D eigenvalue weighted by molar-refractivity contribution is 9.10. The maximum atomic E-state index is 13.8. The van der Waals surface area contributed by atoms with Gasteiger partial charge in [-0.2, -0.15) is 0 Å². The van der Waals surface area contributed by atoms with Crippen LogP contribution in [0.15, 0.2) is 90.6 Å². The van der Waals surface area contributed by atoms with Crippen molar-refractivity contribution in [2.75, 3.05) is 25.6 Å². The van der Waals surface area contributed by atoms with Crippen LogP contribution in [0.2, 0.25) is 0 Å². The van der Waals surface area contributed by atoms with Crippen LogP contribution in [0.1, 0.15) is 31.2 Å². The molecule has 3 heterocycles. The average molecular weight is 593 g/mol. The average Bonchev–Trinajstić information content (AvgIpc) is 3.48. The predicted octanol–water partition coefficient (Wildman–Crippen LogP) is 4.89. The van der Waals surface area contributed by atoms with Crippen molar-refractivity contribution in [1.82, 2.24) is 4.57 Å². The van der Waals surface area contributed by atoms with Crippen molar-refractivity contribution < 1.29 is 13.9 Å². The highest BCUT2D eigenvalue weighted by Gasteiger charge is 2.33. The van der Waals surface area contributed by atoms with E-state index < -0.39 is 12.0 Å². The van der Waals surface area contributed by atoms with Gasteiger partial charge < -0.3 is 14.1 Å². The van der Waals surface area contributed by atoms with Crippen molar-refractivity contribution in [2.45, 2.75) is 19.9 Å². The van der Waals surface area contributed by atoms with Crippen LogP contribution in [0.4, 0.5) is 5.69 Å². The molecule has 0 saturated heterocycles. The Bertz CT molecular complexity index is 1710. The van der Waals surface area contributed by atoms with Crippen LogP contribution in [0, 0.1) is 0 Å². The number of ether oxygens (including phenoxy) is 1. The second kappa shape index (κ2) is 10.6. The van der Waals surface area contributed by atoms with E-state index in [-0.39, 0.29) is 12.2 Å². The van der Waals surface area contributed by atoms with E-state index >= 15 is 0 Å². The maximum absolute atomic E-state index is 13.8. The Balaban J connectivity index is 1.62. The molecule has 1 aliphatic heterocycles. The number of fused-ring (bicyclic) bond motifs is 1. The summed E-state index contributed by atoms with van der Waals surface area (Å²) in [4.78, 5) is 34.0. The fourth-order valence-electron chi connectivity index (χ4n) is 4.39. The number of benzene rings is 2. The van der Waals surface area contributed by atoms with E-state index in [9.17, 15) is 9.59 Å². The van der Waals surface area contributed by atoms with Crippen LogP contribution in [0.5, 0.6) is 0 Å². The van der Waals surface area contributed by atoms with E-state index in [0.29, 0.717) is 32.1 Å². The molecule has 194 valence electrons. The summed E-state index contributed by atoms with van der Waals surface area (Å²) in [6.45, 7) is 3.77. The molecule has 1 aliphatic rings. The Labute approximate surface area is 232 Å². The molecule has 0 N–H and O–H groups in total. The van der Waals surface area contributed by atoms with Crippen LogP contribution < -0.4 is 19.8 Å². The number of carbonyl (C=O) groups is 1. The third-order valence-electron chi connectivity index (χ3n) is 6.27. The first-order chi connectivity index (χ1) is 18.3. The Morgan fingerprint density at radius 3 is 2.50 bits per heavy atom. The van der Waals surface area contributed by atoms with Crippen LogP contribution in [-0.2, 0) is 9.53 Å². The third kappa shape index (κ3) is 4.91. The number of halogens is 1. The lowest BCUT2D eigenvalue weighted by Crippen LogP contribution is -2.39. The van der Waals surface area contributed by atoms with E-state index in [4.69, 9.17) is 9.15 Å². The lowest BCUT2D eigenvalue weighted by molar-refractivity contribution is -0.139. The number of carbonyl (C=O) groups excluding carboxylic acids is 1. The van der Waals surface area contributed by atoms with Gasteiger partial charge in [-0.3, -0.25) is 9.36 Å². The summed E-state index contributed by atoms with van der Waals surface area (Å²) in [7, 11) is 3.92. The molecule has 0 radical (unpaired) electrons. The number of allylic oxidation sites excluding steroid dienone is 1. The number of aromatic nitrogens is 1. The first-order valence-electron chi connectivity index (χ1n) is 12.1. The second-order valence-corrected chi connectivity index (χ2v) is 10.9. The Kier molecular flexibility index (Phi) is 7.23. The third-order valence-corrected chi connectivity index (χ3v) is 7.78. The van der Waals surface area contributed by atoms with Crippen LogP contribution >= 0.6 is 27.3 Å². The number of nitrogens with zero attached hydrogens (tertiary/aromatic N) is 3. The summed E-state index contributed by atoms with van der Waals surface area (Å²) in [5.41, 5.74) is 3.40. The van der Waals surface area contributed by atoms with Crippen molar-refractivity contribution in [3.63, 3.8) is 0 Å². The summed E-state index contributed by atoms with van der Waals surface area (Å²) < 4.78 is 14.4. The summed E-state index contributed by atoms with van der Waals surface area (Å²) in [5.74, 6) is 0.784. The van der Waals surface area contributed by atoms with Gasteiger partial charge in [0.2, 0.25) is 0 Å². The SMILES string of the molecule is CCOC(=O)C1=C(C)N=c2s/c(=C\c3ccc(-c4ccc(Br)cc4)o3)c(=O)n2[C@@H]1c1ccc(N(C)C)cc1. The summed E-state index contributed by atoms with van der Waals surface area (Å²) >= 11 is 4.71. The zero-order chi connectivity index (χ0) is 27.0. The fraction of sp³-hybridized carbons (Fsp3) is 0.207. The number of thiazole rings is 1. The van der Waals surface area contributed by atoms with Gasteiger partial charge in [0.1, 0.15) is 11.5 Å². The molecule has 0 amide bonds. The van der Waals surface area contributed by atoms with Crippen molar-refractivity contribution >= 4 is 45.0 Å². The van der Waals surface area contributed by atoms with Crippen LogP contribution in [-0.4, -0.2) is 31.2 Å². The predicted molar refractivity (Wildman–Crippen MR) is 153 cm³/mol. The standard InChI is InChI=1S/C29H26BrN3O4S/c1-5-36-28(35)25-17(2)31-29-33(26(25)19-8-12-21(13-9-19)32(3)4)27(34)24(38-29)16-22-14-15-23(37-22)18-6-10-20(30)11-7-18/h6-16,26H,5H2,1-4H3/b24-16-/t26-/m1/s1. The molecule has 38 heavy (non-hydrogen) atoms. The molecule has 5 rings (SSSR count). The topological polar surface area (TPSA) is 77.0 Å². The van der Waals surface area contributed by atoms with Gasteiger partial charge in [0.15, 0.2) is 4.80 Å². The van der Waals surface area contributed by atoms with Gasteiger partial charge >= 0.3 is 5.97 Å². The quantitative estimate of drug-likeness (QED) is 0.298. The van der Waals surface area contributed by atoms with Gasteiger partial charge in [0, 0.05) is 35.9 Å². The number of furan rings is 1. The molecule has 2 aromatic carbocycles. The molecule has 0 aliphatic carbocycles. The van der Waals surface area contributed by atoms with Crippen molar-refractivity contribution in [2.24, 2.45) is 4.99 Å². The van der Waals surface area contributed by atoms with E-state index in [0.717, 1.165) is 21.3 Å². The summed E-state index contributed by atoms with van der Waals surface area (Å²) in [5, 5.41) is 0. The lowest BCUT2D eigenvalue weighted by atomic mass is 9.95. The summed E-state index contributed by atoms with van der Waals surface area (Å²) in [6.07, 6.45) is 1.72. The van der Waals surface area contributed by atoms with Crippen molar-refractivity contribution in [3.05, 3.63) is 107 Å². The summed E-state index contributed by atoms with van der Waals surface area (Å²) in [6, 6.07) is 18.7. The van der Waals surface area contributed by atoms with Crippen LogP contribution in [0.3, 0.4) is 0 Å². The highest BCUT2D eigenvalue weighted by atomic mass is 79.9. The smallest absolute Gasteiger partial charge is 0.338 e. The van der Waals surface area contributed by atoms with Gasteiger partial charge in [0.05, 0.1) is 28.5 Å². The van der Waals surface area contributed by atoms with E-state index in [1.54, 1.807) is 24.5 Å². The Morgan fingerprint density at radius 1 is 1.13 bits per heavy atom. The minimum absolute atomic E-state index is 0.228. The number of hydrogen-bond acceptors (Lipinski definition) is 7. The number of rotatable bonds is 6. The fourth-order valence-corrected chi connectivity index (χ4v) is 5.68. The minimum Gasteiger partial charge on any atom is -0.463 e. The molecule has 4 aromatic rings. The van der Waals surface area contributed by atoms with Crippen molar-refractivity contribution in [3.8, 4) is 11.3 Å². The molecular formula is C29H26BrN3O4S. The lowest BCUT2D eigenvalue weighted by Gasteiger charge is -2.25. The second-order valence-electron chi connectivity index (χ2n) is 9.00. The molecular weight excluding hydrogens is 566 g/mol. The monoisotopic (exact) mass is 591 g/mol. The van der Waals surface area contributed by atoms with Crippen LogP contribution in [0.25, 0.3) is 17.4 Å². The molecule has 0 fully saturated rings. The molecule has 9 heteroatoms. The Morgan fingerprint density at radius 2 is 1.84 bits per heavy atom. The van der Waals surface area contributed by atoms with Gasteiger partial charge in [0.25, 0.3) is 5.56 Å². The van der Waals surface area contributed by atoms with Gasteiger partial charge in [-0.15, -0.1) is 0 Å².